The van der Waals surface area contributed by atoms with Crippen molar-refractivity contribution in [2.75, 3.05) is 38.2 Å². The van der Waals surface area contributed by atoms with Crippen LogP contribution in [0.2, 0.25) is 0 Å². The minimum atomic E-state index is 0.732. The third-order valence-corrected chi connectivity index (χ3v) is 5.40. The van der Waals surface area contributed by atoms with E-state index in [1.54, 1.807) is 0 Å². The molecule has 1 saturated heterocycles. The van der Waals surface area contributed by atoms with Gasteiger partial charge >= 0.3 is 0 Å². The number of nitrogens with zero attached hydrogens (tertiary/aromatic N) is 2. The first-order chi connectivity index (χ1) is 7.80. The van der Waals surface area contributed by atoms with Crippen molar-refractivity contribution in [3.63, 3.8) is 0 Å². The van der Waals surface area contributed by atoms with Crippen LogP contribution in [0.15, 0.2) is 4.99 Å². The summed E-state index contributed by atoms with van der Waals surface area (Å²) in [6, 6.07) is 0. The molecule has 1 N–H and O–H groups in total. The fourth-order valence-electron chi connectivity index (χ4n) is 3.05. The van der Waals surface area contributed by atoms with Gasteiger partial charge in [-0.1, -0.05) is 0 Å². The van der Waals surface area contributed by atoms with Crippen LogP contribution in [-0.2, 0) is 0 Å². The highest BCUT2D eigenvalue weighted by atomic mass is 32.2. The summed E-state index contributed by atoms with van der Waals surface area (Å²) in [6.07, 6.45) is 4.36. The van der Waals surface area contributed by atoms with Gasteiger partial charge in [0, 0.05) is 20.1 Å². The zero-order chi connectivity index (χ0) is 11.0. The zero-order valence-electron chi connectivity index (χ0n) is 10.0. The van der Waals surface area contributed by atoms with Crippen LogP contribution < -0.4 is 5.32 Å². The smallest absolute Gasteiger partial charge is 0.193 e. The van der Waals surface area contributed by atoms with Gasteiger partial charge in [-0.25, -0.2) is 0 Å². The molecule has 0 aromatic heterocycles. The molecular formula is C12H21N3S. The molecule has 0 bridgehead atoms. The first kappa shape index (κ1) is 10.8. The molecule has 1 aliphatic carbocycles. The van der Waals surface area contributed by atoms with Gasteiger partial charge in [0.05, 0.1) is 6.54 Å². The Kier molecular flexibility index (Phi) is 2.78. The SMILES string of the molecule is CN1CCN=C1NCC1CC12CCSCC2. The number of aliphatic imine (C=N–C) groups is 1. The van der Waals surface area contributed by atoms with Crippen LogP contribution in [-0.4, -0.2) is 49.0 Å². The zero-order valence-corrected chi connectivity index (χ0v) is 10.9. The standard InChI is InChI=1S/C12H21N3S/c1-15-5-4-13-11(15)14-9-10-8-12(10)2-6-16-7-3-12/h10H,2-9H2,1H3,(H,13,14). The van der Waals surface area contributed by atoms with E-state index in [0.717, 1.165) is 36.9 Å². The van der Waals surface area contributed by atoms with Gasteiger partial charge in [-0.3, -0.25) is 4.99 Å². The van der Waals surface area contributed by atoms with Crippen LogP contribution in [0.5, 0.6) is 0 Å². The average molecular weight is 239 g/mol. The predicted octanol–water partition coefficient (Wildman–Crippen LogP) is 1.41. The number of rotatable bonds is 2. The molecule has 3 rings (SSSR count). The lowest BCUT2D eigenvalue weighted by Crippen LogP contribution is -2.37. The Bertz CT molecular complexity index is 297. The minimum Gasteiger partial charge on any atom is -0.356 e. The van der Waals surface area contributed by atoms with E-state index < -0.39 is 0 Å². The Morgan fingerprint density at radius 1 is 1.50 bits per heavy atom. The number of hydrogen-bond acceptors (Lipinski definition) is 4. The minimum absolute atomic E-state index is 0.732. The lowest BCUT2D eigenvalue weighted by molar-refractivity contribution is 0.414. The van der Waals surface area contributed by atoms with E-state index in [9.17, 15) is 0 Å². The molecule has 0 aromatic carbocycles. The van der Waals surface area contributed by atoms with E-state index in [1.807, 2.05) is 0 Å². The molecule has 0 radical (unpaired) electrons. The molecule has 90 valence electrons. The van der Waals surface area contributed by atoms with E-state index in [4.69, 9.17) is 0 Å². The van der Waals surface area contributed by atoms with Crippen LogP contribution in [0.1, 0.15) is 19.3 Å². The van der Waals surface area contributed by atoms with Crippen LogP contribution >= 0.6 is 11.8 Å². The molecule has 0 aromatic rings. The summed E-state index contributed by atoms with van der Waals surface area (Å²) in [7, 11) is 2.12. The molecule has 1 spiro atoms. The second-order valence-electron chi connectivity index (χ2n) is 5.38. The van der Waals surface area contributed by atoms with Crippen LogP contribution in [0, 0.1) is 11.3 Å². The first-order valence-corrected chi connectivity index (χ1v) is 7.53. The fraction of sp³-hybridized carbons (Fsp3) is 0.917. The number of likely N-dealkylation sites (N-methyl/N-ethyl adjacent to an activating group) is 1. The van der Waals surface area contributed by atoms with Gasteiger partial charge < -0.3 is 10.2 Å². The molecule has 0 amide bonds. The maximum atomic E-state index is 4.48. The molecule has 1 saturated carbocycles. The quantitative estimate of drug-likeness (QED) is 0.789. The Balaban J connectivity index is 1.47. The lowest BCUT2D eigenvalue weighted by atomic mass is 9.96. The number of nitrogens with one attached hydrogen (secondary N) is 1. The van der Waals surface area contributed by atoms with Gasteiger partial charge in [0.2, 0.25) is 0 Å². The van der Waals surface area contributed by atoms with Crippen molar-refractivity contribution >= 4 is 17.7 Å². The van der Waals surface area contributed by atoms with Crippen molar-refractivity contribution in [1.29, 1.82) is 0 Å². The summed E-state index contributed by atoms with van der Waals surface area (Å²) < 4.78 is 0. The van der Waals surface area contributed by atoms with Crippen molar-refractivity contribution in [2.45, 2.75) is 19.3 Å². The molecule has 16 heavy (non-hydrogen) atoms. The Labute approximate surface area is 102 Å². The summed E-state index contributed by atoms with van der Waals surface area (Å²) >= 11 is 2.13. The fourth-order valence-corrected chi connectivity index (χ4v) is 4.35. The summed E-state index contributed by atoms with van der Waals surface area (Å²) in [5.41, 5.74) is 0.732. The molecule has 2 aliphatic heterocycles. The number of guanidine groups is 1. The van der Waals surface area contributed by atoms with E-state index in [-0.39, 0.29) is 0 Å². The maximum absolute atomic E-state index is 4.48. The molecular weight excluding hydrogens is 218 g/mol. The monoisotopic (exact) mass is 239 g/mol. The summed E-state index contributed by atoms with van der Waals surface area (Å²) in [5, 5.41) is 3.53. The van der Waals surface area contributed by atoms with Gasteiger partial charge in [-0.05, 0) is 42.1 Å². The maximum Gasteiger partial charge on any atom is 0.193 e. The molecule has 3 aliphatic rings. The van der Waals surface area contributed by atoms with E-state index >= 15 is 0 Å². The van der Waals surface area contributed by atoms with Crippen molar-refractivity contribution in [1.82, 2.24) is 10.2 Å². The third kappa shape index (κ3) is 1.92. The molecule has 1 atom stereocenters. The van der Waals surface area contributed by atoms with Crippen LogP contribution in [0.3, 0.4) is 0 Å². The van der Waals surface area contributed by atoms with E-state index in [2.05, 4.69) is 34.0 Å². The van der Waals surface area contributed by atoms with E-state index in [1.165, 1.54) is 30.8 Å². The van der Waals surface area contributed by atoms with Gasteiger partial charge in [0.15, 0.2) is 5.96 Å². The third-order valence-electron chi connectivity index (χ3n) is 4.41. The van der Waals surface area contributed by atoms with Gasteiger partial charge in [-0.15, -0.1) is 0 Å². The highest BCUT2D eigenvalue weighted by molar-refractivity contribution is 7.99. The number of hydrogen-bond donors (Lipinski definition) is 1. The van der Waals surface area contributed by atoms with Gasteiger partial charge in [-0.2, -0.15) is 11.8 Å². The average Bonchev–Trinajstić information content (AvgIpc) is 2.78. The van der Waals surface area contributed by atoms with Crippen LogP contribution in [0.4, 0.5) is 0 Å². The van der Waals surface area contributed by atoms with Gasteiger partial charge in [0.1, 0.15) is 0 Å². The summed E-state index contributed by atoms with van der Waals surface area (Å²) in [6.45, 7) is 3.19. The second kappa shape index (κ2) is 4.13. The van der Waals surface area contributed by atoms with Crippen molar-refractivity contribution < 1.29 is 0 Å². The molecule has 4 heteroatoms. The summed E-state index contributed by atoms with van der Waals surface area (Å²) in [5.74, 6) is 4.81. The molecule has 3 nitrogen and oxygen atoms in total. The normalized spacial score (nSPS) is 31.7. The highest BCUT2D eigenvalue weighted by Gasteiger charge is 2.53. The Morgan fingerprint density at radius 2 is 2.31 bits per heavy atom. The largest absolute Gasteiger partial charge is 0.356 e. The molecule has 1 unspecified atom stereocenters. The topological polar surface area (TPSA) is 27.6 Å². The highest BCUT2D eigenvalue weighted by Crippen LogP contribution is 2.60. The number of thioether (sulfide) groups is 1. The lowest BCUT2D eigenvalue weighted by Gasteiger charge is -2.23. The van der Waals surface area contributed by atoms with Crippen molar-refractivity contribution in [2.24, 2.45) is 16.3 Å². The van der Waals surface area contributed by atoms with Crippen LogP contribution in [0.25, 0.3) is 0 Å². The first-order valence-electron chi connectivity index (χ1n) is 6.37. The predicted molar refractivity (Wildman–Crippen MR) is 70.0 cm³/mol. The second-order valence-corrected chi connectivity index (χ2v) is 6.61. The molecule has 2 fully saturated rings. The Morgan fingerprint density at radius 3 is 3.00 bits per heavy atom. The molecule has 2 heterocycles. The van der Waals surface area contributed by atoms with E-state index in [0.29, 0.717) is 0 Å². The van der Waals surface area contributed by atoms with Gasteiger partial charge in [0.25, 0.3) is 0 Å². The Hall–Kier alpha value is -0.380. The van der Waals surface area contributed by atoms with Crippen molar-refractivity contribution in [3.05, 3.63) is 0 Å². The summed E-state index contributed by atoms with van der Waals surface area (Å²) in [4.78, 5) is 6.71. The van der Waals surface area contributed by atoms with Crippen molar-refractivity contribution in [3.8, 4) is 0 Å².